The molecule has 0 radical (unpaired) electrons. The van der Waals surface area contributed by atoms with Gasteiger partial charge in [-0.1, -0.05) is 97.3 Å². The molecule has 1 aliphatic rings. The van der Waals surface area contributed by atoms with Crippen LogP contribution in [0.5, 0.6) is 0 Å². The normalized spacial score (nSPS) is 18.8. The van der Waals surface area contributed by atoms with Gasteiger partial charge in [-0.3, -0.25) is 0 Å². The smallest absolute Gasteiger partial charge is 0.00101 e. The molecule has 0 amide bonds. The van der Waals surface area contributed by atoms with Crippen LogP contribution in [0.3, 0.4) is 0 Å². The summed E-state index contributed by atoms with van der Waals surface area (Å²) >= 11 is 0. The number of likely N-dealkylation sites (tertiary alicyclic amines) is 1. The maximum atomic E-state index is 2.75. The van der Waals surface area contributed by atoms with E-state index in [4.69, 9.17) is 0 Å². The Morgan fingerprint density at radius 1 is 0.652 bits per heavy atom. The lowest BCUT2D eigenvalue weighted by molar-refractivity contribution is 0.309. The average molecular weight is 324 g/mol. The monoisotopic (exact) mass is 323 g/mol. The summed E-state index contributed by atoms with van der Waals surface area (Å²) in [4.78, 5) is 2.75. The third-order valence-electron chi connectivity index (χ3n) is 5.66. The summed E-state index contributed by atoms with van der Waals surface area (Å²) in [6.45, 7) is 8.78. The third-order valence-corrected chi connectivity index (χ3v) is 5.66. The summed E-state index contributed by atoms with van der Waals surface area (Å²) in [6.07, 6.45) is 23.3. The van der Waals surface area contributed by atoms with Crippen LogP contribution in [0.4, 0.5) is 0 Å². The van der Waals surface area contributed by atoms with Gasteiger partial charge in [-0.15, -0.1) is 0 Å². The van der Waals surface area contributed by atoms with Crippen LogP contribution in [-0.4, -0.2) is 24.5 Å². The van der Waals surface area contributed by atoms with Crippen molar-refractivity contribution in [2.75, 3.05) is 19.6 Å². The van der Waals surface area contributed by atoms with Crippen LogP contribution >= 0.6 is 0 Å². The molecule has 1 unspecified atom stereocenters. The van der Waals surface area contributed by atoms with Gasteiger partial charge in [0.25, 0.3) is 0 Å². The Kier molecular flexibility index (Phi) is 14.1. The molecule has 1 fully saturated rings. The van der Waals surface area contributed by atoms with Crippen molar-refractivity contribution in [2.45, 2.75) is 117 Å². The molecule has 0 N–H and O–H groups in total. The fourth-order valence-corrected chi connectivity index (χ4v) is 4.03. The molecule has 1 saturated heterocycles. The van der Waals surface area contributed by atoms with Crippen LogP contribution < -0.4 is 0 Å². The fourth-order valence-electron chi connectivity index (χ4n) is 4.03. The molecular weight excluding hydrogens is 278 g/mol. The van der Waals surface area contributed by atoms with E-state index in [9.17, 15) is 0 Å². The largest absolute Gasteiger partial charge is 0.303 e. The van der Waals surface area contributed by atoms with E-state index in [1.807, 2.05) is 0 Å². The minimum atomic E-state index is 1.02. The van der Waals surface area contributed by atoms with Crippen LogP contribution in [0.2, 0.25) is 0 Å². The molecule has 1 heterocycles. The second kappa shape index (κ2) is 15.5. The van der Waals surface area contributed by atoms with Gasteiger partial charge < -0.3 is 4.90 Å². The molecule has 0 aromatic rings. The molecule has 23 heavy (non-hydrogen) atoms. The predicted molar refractivity (Wildman–Crippen MR) is 105 cm³/mol. The van der Waals surface area contributed by atoms with E-state index in [0.717, 1.165) is 5.92 Å². The van der Waals surface area contributed by atoms with E-state index in [1.54, 1.807) is 0 Å². The highest BCUT2D eigenvalue weighted by Crippen LogP contribution is 2.23. The van der Waals surface area contributed by atoms with Crippen LogP contribution in [-0.2, 0) is 0 Å². The van der Waals surface area contributed by atoms with Crippen LogP contribution in [0, 0.1) is 5.92 Å². The number of hydrogen-bond acceptors (Lipinski definition) is 1. The summed E-state index contributed by atoms with van der Waals surface area (Å²) in [5.41, 5.74) is 0. The summed E-state index contributed by atoms with van der Waals surface area (Å²) in [5, 5.41) is 0. The quantitative estimate of drug-likeness (QED) is 0.271. The van der Waals surface area contributed by atoms with Crippen LogP contribution in [0.1, 0.15) is 117 Å². The van der Waals surface area contributed by atoms with E-state index >= 15 is 0 Å². The highest BCUT2D eigenvalue weighted by atomic mass is 15.1. The second-order valence-corrected chi connectivity index (χ2v) is 7.99. The molecular formula is C22H45N. The Morgan fingerprint density at radius 3 is 1.78 bits per heavy atom. The zero-order valence-corrected chi connectivity index (χ0v) is 16.5. The molecule has 0 aromatic heterocycles. The first-order valence-electron chi connectivity index (χ1n) is 11.1. The minimum absolute atomic E-state index is 1.02. The van der Waals surface area contributed by atoms with Crippen molar-refractivity contribution in [2.24, 2.45) is 5.92 Å². The first-order chi connectivity index (χ1) is 11.4. The summed E-state index contributed by atoms with van der Waals surface area (Å²) in [7, 11) is 0. The Hall–Kier alpha value is -0.0400. The van der Waals surface area contributed by atoms with Gasteiger partial charge in [-0.05, 0) is 38.3 Å². The van der Waals surface area contributed by atoms with Crippen molar-refractivity contribution in [1.29, 1.82) is 0 Å². The molecule has 0 bridgehead atoms. The van der Waals surface area contributed by atoms with Crippen molar-refractivity contribution >= 4 is 0 Å². The standard InChI is InChI=1S/C22H45N/c1-3-5-7-9-11-13-15-17-22-18-20-23(21-22)19-16-14-12-10-8-6-4-2/h22H,3-21H2,1-2H3. The Bertz CT molecular complexity index is 214. The molecule has 1 aliphatic heterocycles. The fraction of sp³-hybridized carbons (Fsp3) is 1.00. The van der Waals surface area contributed by atoms with E-state index in [-0.39, 0.29) is 0 Å². The average Bonchev–Trinajstić information content (AvgIpc) is 3.01. The highest BCUT2D eigenvalue weighted by molar-refractivity contribution is 4.75. The lowest BCUT2D eigenvalue weighted by atomic mass is 9.99. The van der Waals surface area contributed by atoms with Crippen molar-refractivity contribution in [1.82, 2.24) is 4.90 Å². The molecule has 1 nitrogen and oxygen atoms in total. The first-order valence-corrected chi connectivity index (χ1v) is 11.1. The van der Waals surface area contributed by atoms with Gasteiger partial charge in [0.05, 0.1) is 0 Å². The number of hydrogen-bond donors (Lipinski definition) is 0. The zero-order valence-electron chi connectivity index (χ0n) is 16.5. The maximum absolute atomic E-state index is 2.75. The van der Waals surface area contributed by atoms with E-state index in [2.05, 4.69) is 18.7 Å². The zero-order chi connectivity index (χ0) is 16.6. The molecule has 0 aromatic carbocycles. The lowest BCUT2D eigenvalue weighted by Gasteiger charge is -2.16. The first kappa shape index (κ1) is 21.0. The van der Waals surface area contributed by atoms with E-state index < -0.39 is 0 Å². The number of rotatable bonds is 16. The molecule has 1 heteroatoms. The second-order valence-electron chi connectivity index (χ2n) is 7.99. The molecule has 1 rings (SSSR count). The van der Waals surface area contributed by atoms with Gasteiger partial charge in [0.2, 0.25) is 0 Å². The highest BCUT2D eigenvalue weighted by Gasteiger charge is 2.21. The third kappa shape index (κ3) is 12.0. The topological polar surface area (TPSA) is 3.24 Å². The van der Waals surface area contributed by atoms with Gasteiger partial charge in [-0.25, -0.2) is 0 Å². The minimum Gasteiger partial charge on any atom is -0.303 e. The van der Waals surface area contributed by atoms with Gasteiger partial charge in [0.15, 0.2) is 0 Å². The van der Waals surface area contributed by atoms with Crippen molar-refractivity contribution in [3.05, 3.63) is 0 Å². The molecule has 138 valence electrons. The van der Waals surface area contributed by atoms with Crippen LogP contribution in [0.25, 0.3) is 0 Å². The summed E-state index contributed by atoms with van der Waals surface area (Å²) in [5.74, 6) is 1.02. The lowest BCUT2D eigenvalue weighted by Crippen LogP contribution is -2.21. The SMILES string of the molecule is CCCCCCCCCC1CCN(CCCCCCCCC)C1. The molecule has 0 saturated carbocycles. The molecule has 0 spiro atoms. The Labute approximate surface area is 147 Å². The van der Waals surface area contributed by atoms with Gasteiger partial charge in [-0.2, -0.15) is 0 Å². The Balaban J connectivity index is 1.85. The molecule has 1 atom stereocenters. The summed E-state index contributed by atoms with van der Waals surface area (Å²) < 4.78 is 0. The van der Waals surface area contributed by atoms with Gasteiger partial charge in [0.1, 0.15) is 0 Å². The van der Waals surface area contributed by atoms with Crippen molar-refractivity contribution in [3.63, 3.8) is 0 Å². The van der Waals surface area contributed by atoms with Gasteiger partial charge >= 0.3 is 0 Å². The number of unbranched alkanes of at least 4 members (excludes halogenated alkanes) is 12. The summed E-state index contributed by atoms with van der Waals surface area (Å²) in [6, 6.07) is 0. The van der Waals surface area contributed by atoms with Crippen molar-refractivity contribution < 1.29 is 0 Å². The van der Waals surface area contributed by atoms with Crippen LogP contribution in [0.15, 0.2) is 0 Å². The van der Waals surface area contributed by atoms with Gasteiger partial charge in [0, 0.05) is 6.54 Å². The number of nitrogens with zero attached hydrogens (tertiary/aromatic N) is 1. The Morgan fingerprint density at radius 2 is 1.17 bits per heavy atom. The van der Waals surface area contributed by atoms with E-state index in [0.29, 0.717) is 0 Å². The maximum Gasteiger partial charge on any atom is 0.00101 e. The molecule has 0 aliphatic carbocycles. The van der Waals surface area contributed by atoms with E-state index in [1.165, 1.54) is 122 Å². The van der Waals surface area contributed by atoms with Crippen molar-refractivity contribution in [3.8, 4) is 0 Å². The predicted octanol–water partition coefficient (Wildman–Crippen LogP) is 7.20.